The van der Waals surface area contributed by atoms with Gasteiger partial charge in [-0.05, 0) is 12.5 Å². The van der Waals surface area contributed by atoms with Crippen LogP contribution in [0.15, 0.2) is 18.5 Å². The highest BCUT2D eigenvalue weighted by Crippen LogP contribution is 2.16. The van der Waals surface area contributed by atoms with Gasteiger partial charge in [-0.1, -0.05) is 0 Å². The summed E-state index contributed by atoms with van der Waals surface area (Å²) in [6, 6.07) is 2.49. The van der Waals surface area contributed by atoms with E-state index in [1.165, 1.54) is 6.42 Å². The van der Waals surface area contributed by atoms with Gasteiger partial charge in [-0.2, -0.15) is 0 Å². The first kappa shape index (κ1) is 10.9. The number of hydrogen-bond acceptors (Lipinski definition) is 5. The summed E-state index contributed by atoms with van der Waals surface area (Å²) in [6.45, 7) is 6.04. The molecule has 3 heterocycles. The lowest BCUT2D eigenvalue weighted by molar-refractivity contribution is 0.138. The number of hydrogen-bond donors (Lipinski definition) is 0. The first-order valence-corrected chi connectivity index (χ1v) is 6.27. The third kappa shape index (κ3) is 2.40. The van der Waals surface area contributed by atoms with Crippen LogP contribution >= 0.6 is 0 Å². The topological polar surface area (TPSA) is 41.5 Å². The second-order valence-corrected chi connectivity index (χ2v) is 4.59. The van der Waals surface area contributed by atoms with Crippen molar-refractivity contribution >= 4 is 5.95 Å². The molecule has 1 aromatic rings. The summed E-state index contributed by atoms with van der Waals surface area (Å²) < 4.78 is 5.44. The fraction of sp³-hybridized carbons (Fsp3) is 0.667. The summed E-state index contributed by atoms with van der Waals surface area (Å²) in [7, 11) is 0. The van der Waals surface area contributed by atoms with Gasteiger partial charge in [0, 0.05) is 51.2 Å². The Morgan fingerprint density at radius 3 is 2.53 bits per heavy atom. The molecule has 0 unspecified atom stereocenters. The van der Waals surface area contributed by atoms with Crippen LogP contribution in [0.2, 0.25) is 0 Å². The van der Waals surface area contributed by atoms with Gasteiger partial charge in [0.25, 0.3) is 0 Å². The maximum absolute atomic E-state index is 5.44. The lowest BCUT2D eigenvalue weighted by Gasteiger charge is -2.37. The standard InChI is InChI=1S/C12H18N4O/c1-3-13-12(14-4-1)16-7-5-15(6-8-16)11-2-9-17-10-11/h1,3-4,11H,2,5-10H2/t11-/m0/s1. The van der Waals surface area contributed by atoms with E-state index in [4.69, 9.17) is 4.74 Å². The van der Waals surface area contributed by atoms with E-state index in [-0.39, 0.29) is 0 Å². The molecule has 0 bridgehead atoms. The Labute approximate surface area is 101 Å². The molecule has 5 nitrogen and oxygen atoms in total. The average molecular weight is 234 g/mol. The van der Waals surface area contributed by atoms with Crippen LogP contribution in [-0.2, 0) is 4.74 Å². The Morgan fingerprint density at radius 2 is 1.88 bits per heavy atom. The minimum absolute atomic E-state index is 0.633. The molecule has 2 aliphatic rings. The number of rotatable bonds is 2. The van der Waals surface area contributed by atoms with E-state index >= 15 is 0 Å². The van der Waals surface area contributed by atoms with Crippen molar-refractivity contribution in [1.29, 1.82) is 0 Å². The first-order chi connectivity index (χ1) is 8.43. The van der Waals surface area contributed by atoms with E-state index in [0.29, 0.717) is 6.04 Å². The maximum atomic E-state index is 5.44. The highest BCUT2D eigenvalue weighted by Gasteiger charge is 2.27. The number of anilines is 1. The summed E-state index contributed by atoms with van der Waals surface area (Å²) in [5.74, 6) is 0.856. The fourth-order valence-corrected chi connectivity index (χ4v) is 2.55. The summed E-state index contributed by atoms with van der Waals surface area (Å²) in [5, 5.41) is 0. The molecule has 5 heteroatoms. The van der Waals surface area contributed by atoms with Crippen molar-refractivity contribution in [2.75, 3.05) is 44.3 Å². The van der Waals surface area contributed by atoms with Gasteiger partial charge in [0.1, 0.15) is 0 Å². The Kier molecular flexibility index (Phi) is 3.20. The maximum Gasteiger partial charge on any atom is 0.225 e. The first-order valence-electron chi connectivity index (χ1n) is 6.27. The van der Waals surface area contributed by atoms with Gasteiger partial charge in [-0.15, -0.1) is 0 Å². The smallest absolute Gasteiger partial charge is 0.225 e. The molecule has 1 atom stereocenters. The van der Waals surface area contributed by atoms with E-state index in [0.717, 1.165) is 45.3 Å². The molecule has 2 aliphatic heterocycles. The largest absolute Gasteiger partial charge is 0.380 e. The molecule has 0 aromatic carbocycles. The highest BCUT2D eigenvalue weighted by molar-refractivity contribution is 5.29. The Hall–Kier alpha value is -1.20. The molecule has 2 fully saturated rings. The van der Waals surface area contributed by atoms with Crippen molar-refractivity contribution in [3.8, 4) is 0 Å². The van der Waals surface area contributed by atoms with E-state index in [1.807, 2.05) is 6.07 Å². The Balaban J connectivity index is 1.57. The molecular weight excluding hydrogens is 216 g/mol. The molecule has 17 heavy (non-hydrogen) atoms. The summed E-state index contributed by atoms with van der Waals surface area (Å²) in [6.07, 6.45) is 4.79. The quantitative estimate of drug-likeness (QED) is 0.740. The van der Waals surface area contributed by atoms with Gasteiger partial charge < -0.3 is 9.64 Å². The Bertz CT molecular complexity index is 345. The number of piperazine rings is 1. The third-order valence-corrected chi connectivity index (χ3v) is 3.57. The van der Waals surface area contributed by atoms with Gasteiger partial charge in [-0.25, -0.2) is 9.97 Å². The van der Waals surface area contributed by atoms with Crippen molar-refractivity contribution < 1.29 is 4.74 Å². The minimum Gasteiger partial charge on any atom is -0.380 e. The van der Waals surface area contributed by atoms with Crippen molar-refractivity contribution in [2.24, 2.45) is 0 Å². The number of ether oxygens (including phenoxy) is 1. The lowest BCUT2D eigenvalue weighted by atomic mass is 10.2. The second-order valence-electron chi connectivity index (χ2n) is 4.59. The molecule has 0 aliphatic carbocycles. The third-order valence-electron chi connectivity index (χ3n) is 3.57. The average Bonchev–Trinajstić information content (AvgIpc) is 2.94. The van der Waals surface area contributed by atoms with Crippen LogP contribution in [0.4, 0.5) is 5.95 Å². The molecule has 0 radical (unpaired) electrons. The summed E-state index contributed by atoms with van der Waals surface area (Å²) in [5.41, 5.74) is 0. The van der Waals surface area contributed by atoms with Gasteiger partial charge in [0.2, 0.25) is 5.95 Å². The fourth-order valence-electron chi connectivity index (χ4n) is 2.55. The molecule has 0 spiro atoms. The van der Waals surface area contributed by atoms with Crippen LogP contribution in [-0.4, -0.2) is 60.3 Å². The zero-order chi connectivity index (χ0) is 11.5. The predicted molar refractivity (Wildman–Crippen MR) is 65.0 cm³/mol. The molecule has 1 aromatic heterocycles. The molecule has 0 saturated carbocycles. The van der Waals surface area contributed by atoms with Crippen molar-refractivity contribution in [1.82, 2.24) is 14.9 Å². The molecular formula is C12H18N4O. The summed E-state index contributed by atoms with van der Waals surface area (Å²) >= 11 is 0. The zero-order valence-corrected chi connectivity index (χ0v) is 9.96. The van der Waals surface area contributed by atoms with Crippen LogP contribution in [0.3, 0.4) is 0 Å². The predicted octanol–water partition coefficient (Wildman–Crippen LogP) is 0.387. The van der Waals surface area contributed by atoms with Crippen LogP contribution in [0.1, 0.15) is 6.42 Å². The van der Waals surface area contributed by atoms with E-state index in [2.05, 4.69) is 19.8 Å². The zero-order valence-electron chi connectivity index (χ0n) is 9.96. The SMILES string of the molecule is c1cnc(N2CCN([C@H]3CCOC3)CC2)nc1. The number of nitrogens with zero attached hydrogens (tertiary/aromatic N) is 4. The lowest BCUT2D eigenvalue weighted by Crippen LogP contribution is -2.51. The van der Waals surface area contributed by atoms with Crippen LogP contribution in [0, 0.1) is 0 Å². The Morgan fingerprint density at radius 1 is 1.12 bits per heavy atom. The molecule has 0 N–H and O–H groups in total. The van der Waals surface area contributed by atoms with Gasteiger partial charge in [-0.3, -0.25) is 4.90 Å². The van der Waals surface area contributed by atoms with Crippen molar-refractivity contribution in [3.05, 3.63) is 18.5 Å². The van der Waals surface area contributed by atoms with Crippen LogP contribution < -0.4 is 4.90 Å². The van der Waals surface area contributed by atoms with E-state index in [9.17, 15) is 0 Å². The monoisotopic (exact) mass is 234 g/mol. The summed E-state index contributed by atoms with van der Waals surface area (Å²) in [4.78, 5) is 13.4. The van der Waals surface area contributed by atoms with Crippen LogP contribution in [0.5, 0.6) is 0 Å². The van der Waals surface area contributed by atoms with E-state index < -0.39 is 0 Å². The highest BCUT2D eigenvalue weighted by atomic mass is 16.5. The molecule has 3 rings (SSSR count). The van der Waals surface area contributed by atoms with Crippen LogP contribution in [0.25, 0.3) is 0 Å². The van der Waals surface area contributed by atoms with Gasteiger partial charge >= 0.3 is 0 Å². The second kappa shape index (κ2) is 4.98. The van der Waals surface area contributed by atoms with Gasteiger partial charge in [0.05, 0.1) is 6.61 Å². The minimum atomic E-state index is 0.633. The van der Waals surface area contributed by atoms with E-state index in [1.54, 1.807) is 12.4 Å². The normalized spacial score (nSPS) is 26.4. The molecule has 0 amide bonds. The van der Waals surface area contributed by atoms with Crippen molar-refractivity contribution in [3.63, 3.8) is 0 Å². The van der Waals surface area contributed by atoms with Crippen molar-refractivity contribution in [2.45, 2.75) is 12.5 Å². The molecule has 92 valence electrons. The van der Waals surface area contributed by atoms with Gasteiger partial charge in [0.15, 0.2) is 0 Å². The molecule has 2 saturated heterocycles. The number of aromatic nitrogens is 2.